The lowest BCUT2D eigenvalue weighted by atomic mass is 10.1. The van der Waals surface area contributed by atoms with E-state index in [0.29, 0.717) is 28.8 Å². The fourth-order valence-electron chi connectivity index (χ4n) is 3.94. The van der Waals surface area contributed by atoms with E-state index in [9.17, 15) is 4.79 Å². The number of carbonyl (C=O) groups excluding carboxylic acids is 1. The van der Waals surface area contributed by atoms with Crippen LogP contribution in [0.25, 0.3) is 6.08 Å². The number of benzene rings is 3. The van der Waals surface area contributed by atoms with Crippen molar-refractivity contribution in [1.82, 2.24) is 0 Å². The van der Waals surface area contributed by atoms with Gasteiger partial charge in [-0.2, -0.15) is 0 Å². The van der Waals surface area contributed by atoms with Gasteiger partial charge in [0.05, 0.1) is 27.0 Å². The minimum absolute atomic E-state index is 0.212. The van der Waals surface area contributed by atoms with Crippen LogP contribution in [0.4, 0.5) is 5.69 Å². The van der Waals surface area contributed by atoms with E-state index in [1.54, 1.807) is 32.3 Å². The van der Waals surface area contributed by atoms with Gasteiger partial charge in [-0.3, -0.25) is 9.69 Å². The minimum atomic E-state index is -0.212. The number of rotatable bonds is 6. The highest BCUT2D eigenvalue weighted by atomic mass is 16.5. The Kier molecular flexibility index (Phi) is 6.18. The van der Waals surface area contributed by atoms with Gasteiger partial charge >= 0.3 is 0 Å². The highest BCUT2D eigenvalue weighted by Gasteiger charge is 2.33. The molecular weight excluding hydrogens is 416 g/mol. The zero-order chi connectivity index (χ0) is 23.5. The maximum Gasteiger partial charge on any atom is 0.282 e. The lowest BCUT2D eigenvalue weighted by molar-refractivity contribution is -0.113. The monoisotopic (exact) mass is 442 g/mol. The first-order valence-electron chi connectivity index (χ1n) is 10.5. The third kappa shape index (κ3) is 4.32. The van der Waals surface area contributed by atoms with Crippen molar-refractivity contribution in [2.75, 3.05) is 26.2 Å². The van der Waals surface area contributed by atoms with Crippen molar-refractivity contribution in [3.05, 3.63) is 88.6 Å². The Bertz CT molecular complexity index is 1260. The molecule has 0 aromatic heterocycles. The largest absolute Gasteiger partial charge is 0.496 e. The first-order chi connectivity index (χ1) is 15.9. The van der Waals surface area contributed by atoms with Crippen LogP contribution in [0.3, 0.4) is 0 Å². The van der Waals surface area contributed by atoms with Gasteiger partial charge in [-0.25, -0.2) is 4.99 Å². The number of anilines is 1. The summed E-state index contributed by atoms with van der Waals surface area (Å²) in [6, 6.07) is 19.1. The van der Waals surface area contributed by atoms with Gasteiger partial charge in [-0.15, -0.1) is 0 Å². The van der Waals surface area contributed by atoms with E-state index in [0.717, 1.165) is 27.9 Å². The van der Waals surface area contributed by atoms with Crippen molar-refractivity contribution in [3.63, 3.8) is 0 Å². The summed E-state index contributed by atoms with van der Waals surface area (Å²) in [6.45, 7) is 4.02. The fraction of sp³-hybridized carbons (Fsp3) is 0.185. The van der Waals surface area contributed by atoms with Crippen LogP contribution in [0.15, 0.2) is 71.4 Å². The van der Waals surface area contributed by atoms with Gasteiger partial charge < -0.3 is 14.2 Å². The molecule has 168 valence electrons. The number of methoxy groups -OCH3 is 3. The summed E-state index contributed by atoms with van der Waals surface area (Å²) in [6.07, 6.45) is 1.75. The van der Waals surface area contributed by atoms with Crippen LogP contribution in [0.1, 0.15) is 22.3 Å². The topological polar surface area (TPSA) is 60.4 Å². The van der Waals surface area contributed by atoms with Gasteiger partial charge in [0.2, 0.25) is 0 Å². The number of ether oxygens (including phenoxy) is 3. The van der Waals surface area contributed by atoms with Crippen molar-refractivity contribution in [1.29, 1.82) is 0 Å². The summed E-state index contributed by atoms with van der Waals surface area (Å²) in [4.78, 5) is 20.0. The van der Waals surface area contributed by atoms with Crippen LogP contribution >= 0.6 is 0 Å². The van der Waals surface area contributed by atoms with Crippen LogP contribution in [0.2, 0.25) is 0 Å². The Balaban J connectivity index is 1.89. The summed E-state index contributed by atoms with van der Waals surface area (Å²) in [5, 5.41) is 0. The fourth-order valence-corrected chi connectivity index (χ4v) is 3.94. The first kappa shape index (κ1) is 22.1. The molecule has 1 heterocycles. The normalized spacial score (nSPS) is 14.5. The summed E-state index contributed by atoms with van der Waals surface area (Å²) in [5.41, 5.74) is 4.72. The van der Waals surface area contributed by atoms with Crippen LogP contribution in [-0.2, 0) is 4.79 Å². The van der Waals surface area contributed by atoms with Gasteiger partial charge in [-0.1, -0.05) is 24.3 Å². The lowest BCUT2D eigenvalue weighted by Crippen LogP contribution is -2.32. The van der Waals surface area contributed by atoms with Crippen molar-refractivity contribution in [2.45, 2.75) is 13.8 Å². The van der Waals surface area contributed by atoms with E-state index in [1.807, 2.05) is 68.4 Å². The number of hydrogen-bond acceptors (Lipinski definition) is 5. The molecule has 0 saturated carbocycles. The number of aryl methyl sites for hydroxylation is 2. The molecule has 6 nitrogen and oxygen atoms in total. The van der Waals surface area contributed by atoms with Crippen LogP contribution in [-0.4, -0.2) is 33.1 Å². The molecule has 0 atom stereocenters. The third-order valence-electron chi connectivity index (χ3n) is 5.40. The van der Waals surface area contributed by atoms with E-state index in [2.05, 4.69) is 6.07 Å². The maximum absolute atomic E-state index is 13.6. The number of carbonyl (C=O) groups is 1. The predicted molar refractivity (Wildman–Crippen MR) is 130 cm³/mol. The predicted octanol–water partition coefficient (Wildman–Crippen LogP) is 5.16. The van der Waals surface area contributed by atoms with Crippen molar-refractivity contribution in [3.8, 4) is 17.2 Å². The molecule has 0 radical (unpaired) electrons. The molecule has 0 unspecified atom stereocenters. The second-order valence-corrected chi connectivity index (χ2v) is 7.76. The molecule has 6 heteroatoms. The average Bonchev–Trinajstić information content (AvgIpc) is 3.14. The van der Waals surface area contributed by atoms with Gasteiger partial charge in [-0.05, 0) is 67.4 Å². The lowest BCUT2D eigenvalue weighted by Gasteiger charge is -2.20. The molecular formula is C27H26N2O4. The molecule has 0 saturated heterocycles. The molecule has 1 aliphatic rings. The summed E-state index contributed by atoms with van der Waals surface area (Å²) < 4.78 is 16.3. The van der Waals surface area contributed by atoms with Gasteiger partial charge in [0.1, 0.15) is 17.3 Å². The molecule has 0 N–H and O–H groups in total. The highest BCUT2D eigenvalue weighted by molar-refractivity contribution is 6.33. The second kappa shape index (κ2) is 9.20. The van der Waals surface area contributed by atoms with Gasteiger partial charge in [0, 0.05) is 11.1 Å². The SMILES string of the molecule is COc1ccccc1C=C1N=C(c2ccc(OC)c(OC)c2)N(c2cc(C)cc(C)c2)C1=O. The second-order valence-electron chi connectivity index (χ2n) is 7.76. The molecule has 0 spiro atoms. The Morgan fingerprint density at radius 3 is 2.12 bits per heavy atom. The van der Waals surface area contributed by atoms with Crippen LogP contribution in [0.5, 0.6) is 17.2 Å². The number of hydrogen-bond donors (Lipinski definition) is 0. The number of para-hydroxylation sites is 1. The zero-order valence-corrected chi connectivity index (χ0v) is 19.4. The molecule has 0 bridgehead atoms. The molecule has 33 heavy (non-hydrogen) atoms. The Morgan fingerprint density at radius 2 is 1.45 bits per heavy atom. The van der Waals surface area contributed by atoms with Gasteiger partial charge in [0.15, 0.2) is 11.5 Å². The molecule has 0 aliphatic carbocycles. The zero-order valence-electron chi connectivity index (χ0n) is 19.4. The number of nitrogens with zero attached hydrogens (tertiary/aromatic N) is 2. The highest BCUT2D eigenvalue weighted by Crippen LogP contribution is 2.34. The smallest absolute Gasteiger partial charge is 0.282 e. The third-order valence-corrected chi connectivity index (χ3v) is 5.40. The minimum Gasteiger partial charge on any atom is -0.496 e. The van der Waals surface area contributed by atoms with E-state index >= 15 is 0 Å². The average molecular weight is 443 g/mol. The Hall–Kier alpha value is -4.06. The van der Waals surface area contributed by atoms with E-state index in [1.165, 1.54) is 0 Å². The number of aliphatic imine (C=N–C) groups is 1. The van der Waals surface area contributed by atoms with Crippen molar-refractivity contribution >= 4 is 23.5 Å². The van der Waals surface area contributed by atoms with E-state index in [4.69, 9.17) is 19.2 Å². The van der Waals surface area contributed by atoms with Crippen molar-refractivity contribution < 1.29 is 19.0 Å². The van der Waals surface area contributed by atoms with Crippen LogP contribution < -0.4 is 19.1 Å². The van der Waals surface area contributed by atoms with Crippen molar-refractivity contribution in [2.24, 2.45) is 4.99 Å². The van der Waals surface area contributed by atoms with E-state index in [-0.39, 0.29) is 5.91 Å². The molecule has 3 aromatic carbocycles. The molecule has 3 aromatic rings. The standard InChI is InChI=1S/C27H26N2O4/c1-17-12-18(2)14-21(13-17)29-26(20-10-11-24(32-4)25(16-20)33-5)28-22(27(29)30)15-19-8-6-7-9-23(19)31-3/h6-16H,1-5H3. The molecule has 4 rings (SSSR count). The Morgan fingerprint density at radius 1 is 0.788 bits per heavy atom. The molecule has 1 amide bonds. The quantitative estimate of drug-likeness (QED) is 0.495. The Labute approximate surface area is 193 Å². The summed E-state index contributed by atoms with van der Waals surface area (Å²) in [7, 11) is 4.77. The number of amidine groups is 1. The first-order valence-corrected chi connectivity index (χ1v) is 10.5. The molecule has 1 aliphatic heterocycles. The number of amides is 1. The van der Waals surface area contributed by atoms with Crippen LogP contribution in [0, 0.1) is 13.8 Å². The molecule has 0 fully saturated rings. The summed E-state index contributed by atoms with van der Waals surface area (Å²) in [5.74, 6) is 2.15. The maximum atomic E-state index is 13.6. The summed E-state index contributed by atoms with van der Waals surface area (Å²) >= 11 is 0. The van der Waals surface area contributed by atoms with E-state index < -0.39 is 0 Å². The van der Waals surface area contributed by atoms with Gasteiger partial charge in [0.25, 0.3) is 5.91 Å².